The van der Waals surface area contributed by atoms with Gasteiger partial charge >= 0.3 is 29.6 Å². The summed E-state index contributed by atoms with van der Waals surface area (Å²) in [4.78, 5) is 0.0222. The molecule has 0 N–H and O–H groups in total. The van der Waals surface area contributed by atoms with Gasteiger partial charge in [-0.2, -0.15) is 0 Å². The Bertz CT molecular complexity index is 873. The Morgan fingerprint density at radius 1 is 0.862 bits per heavy atom. The van der Waals surface area contributed by atoms with Gasteiger partial charge in [0.2, 0.25) is 0 Å². The number of benzene rings is 2. The van der Waals surface area contributed by atoms with E-state index in [4.69, 9.17) is 0 Å². The van der Waals surface area contributed by atoms with E-state index in [1.165, 1.54) is 6.42 Å². The summed E-state index contributed by atoms with van der Waals surface area (Å²) in [7, 11) is -4.53. The van der Waals surface area contributed by atoms with E-state index in [-0.39, 0.29) is 34.5 Å². The Morgan fingerprint density at radius 3 is 1.97 bits per heavy atom. The second kappa shape index (κ2) is 12.5. The normalized spacial score (nSPS) is 12.0. The van der Waals surface area contributed by atoms with Gasteiger partial charge in [-0.1, -0.05) is 83.7 Å². The van der Waals surface area contributed by atoms with E-state index in [2.05, 4.69) is 33.8 Å². The number of rotatable bonds is 11. The molecule has 2 aromatic carbocycles. The quantitative estimate of drug-likeness (QED) is 0.314. The monoisotopic (exact) mass is 426 g/mol. The Kier molecular flexibility index (Phi) is 11.4. The molecule has 5 heteroatoms. The average molecular weight is 427 g/mol. The van der Waals surface area contributed by atoms with E-state index < -0.39 is 10.1 Å². The molecule has 0 radical (unpaired) electrons. The van der Waals surface area contributed by atoms with Gasteiger partial charge in [-0.15, -0.1) is 0 Å². The molecule has 0 heterocycles. The van der Waals surface area contributed by atoms with E-state index in [1.807, 2.05) is 18.2 Å². The van der Waals surface area contributed by atoms with Crippen LogP contribution in [0.5, 0.6) is 0 Å². The fourth-order valence-electron chi connectivity index (χ4n) is 3.92. The van der Waals surface area contributed by atoms with Crippen LogP contribution < -0.4 is 29.6 Å². The topological polar surface area (TPSA) is 57.2 Å². The molecule has 0 aliphatic heterocycles. The largest absolute Gasteiger partial charge is 1.00 e. The molecule has 0 saturated carbocycles. The first-order valence-corrected chi connectivity index (χ1v) is 12.1. The SMILES string of the molecule is CC(C)CCCCc1cc2ccccc2c(S(=O)(=O)[O-])c1CCCCC(C)C.[Na+]. The van der Waals surface area contributed by atoms with Gasteiger partial charge in [0, 0.05) is 0 Å². The first-order chi connectivity index (χ1) is 13.2. The number of aryl methyl sites for hydroxylation is 1. The predicted molar refractivity (Wildman–Crippen MR) is 117 cm³/mol. The first kappa shape index (κ1) is 26.6. The van der Waals surface area contributed by atoms with Crippen LogP contribution >= 0.6 is 0 Å². The van der Waals surface area contributed by atoms with Crippen LogP contribution in [0.1, 0.15) is 77.3 Å². The molecular weight excluding hydrogens is 391 g/mol. The summed E-state index contributed by atoms with van der Waals surface area (Å²) in [5.74, 6) is 1.31. The molecule has 2 aromatic rings. The molecule has 2 rings (SSSR count). The summed E-state index contributed by atoms with van der Waals surface area (Å²) >= 11 is 0. The van der Waals surface area contributed by atoms with E-state index in [0.717, 1.165) is 55.0 Å². The van der Waals surface area contributed by atoms with E-state index in [9.17, 15) is 13.0 Å². The molecule has 0 amide bonds. The standard InChI is InChI=1S/C24H36O3S.Na/c1-18(2)11-5-7-13-20-17-21-14-8-10-16-23(21)24(28(25,26)27)22(20)15-9-6-12-19(3)4;/h8,10,14,16-19H,5-7,9,11-13,15H2,1-4H3,(H,25,26,27);/q;+1/p-1. The fourth-order valence-corrected chi connectivity index (χ4v) is 4.91. The van der Waals surface area contributed by atoms with Crippen LogP contribution in [-0.2, 0) is 23.0 Å². The zero-order chi connectivity index (χ0) is 20.7. The van der Waals surface area contributed by atoms with Crippen molar-refractivity contribution in [2.75, 3.05) is 0 Å². The van der Waals surface area contributed by atoms with E-state index in [1.54, 1.807) is 6.07 Å². The Labute approximate surface area is 199 Å². The third-order valence-corrected chi connectivity index (χ3v) is 6.35. The third-order valence-electron chi connectivity index (χ3n) is 5.38. The molecule has 0 atom stereocenters. The zero-order valence-electron chi connectivity index (χ0n) is 18.8. The maximum absolute atomic E-state index is 12.2. The van der Waals surface area contributed by atoms with Crippen LogP contribution in [0, 0.1) is 11.8 Å². The number of hydrogen-bond acceptors (Lipinski definition) is 3. The summed E-state index contributed by atoms with van der Waals surface area (Å²) in [6.07, 6.45) is 7.90. The van der Waals surface area contributed by atoms with Crippen LogP contribution in [0.4, 0.5) is 0 Å². The van der Waals surface area contributed by atoms with Gasteiger partial charge in [-0.3, -0.25) is 0 Å². The molecule has 0 fully saturated rings. The summed E-state index contributed by atoms with van der Waals surface area (Å²) in [5.41, 5.74) is 1.81. The Morgan fingerprint density at radius 2 is 1.41 bits per heavy atom. The van der Waals surface area contributed by atoms with Gasteiger partial charge in [0.1, 0.15) is 10.1 Å². The maximum atomic E-state index is 12.2. The van der Waals surface area contributed by atoms with Gasteiger partial charge in [0.15, 0.2) is 0 Å². The molecule has 0 saturated heterocycles. The summed E-state index contributed by atoms with van der Waals surface area (Å²) in [6.45, 7) is 8.84. The van der Waals surface area contributed by atoms with Crippen LogP contribution in [0.15, 0.2) is 35.2 Å². The van der Waals surface area contributed by atoms with E-state index >= 15 is 0 Å². The van der Waals surface area contributed by atoms with Crippen molar-refractivity contribution in [2.45, 2.75) is 84.0 Å². The molecule has 0 aliphatic rings. The number of fused-ring (bicyclic) bond motifs is 1. The fraction of sp³-hybridized carbons (Fsp3) is 0.583. The van der Waals surface area contributed by atoms with Gasteiger partial charge in [-0.05, 0) is 59.4 Å². The van der Waals surface area contributed by atoms with Gasteiger partial charge in [0.05, 0.1) is 4.90 Å². The second-order valence-corrected chi connectivity index (χ2v) is 10.1. The molecule has 29 heavy (non-hydrogen) atoms. The molecule has 0 spiro atoms. The molecule has 0 aromatic heterocycles. The van der Waals surface area contributed by atoms with Gasteiger partial charge in [-0.25, -0.2) is 8.42 Å². The predicted octanol–water partition coefficient (Wildman–Crippen LogP) is 3.49. The molecular formula is C24H35NaO3S. The minimum atomic E-state index is -4.53. The van der Waals surface area contributed by atoms with Crippen molar-refractivity contribution in [3.63, 3.8) is 0 Å². The smallest absolute Gasteiger partial charge is 0.744 e. The first-order valence-electron chi connectivity index (χ1n) is 10.7. The van der Waals surface area contributed by atoms with Gasteiger partial charge < -0.3 is 4.55 Å². The summed E-state index contributed by atoms with van der Waals surface area (Å²) in [6, 6.07) is 9.48. The molecule has 0 unspecified atom stereocenters. The minimum Gasteiger partial charge on any atom is -0.744 e. The third kappa shape index (κ3) is 8.34. The van der Waals surface area contributed by atoms with Crippen LogP contribution in [-0.4, -0.2) is 13.0 Å². The van der Waals surface area contributed by atoms with Crippen LogP contribution in [0.3, 0.4) is 0 Å². The second-order valence-electron chi connectivity index (χ2n) is 8.80. The molecule has 156 valence electrons. The molecule has 0 aliphatic carbocycles. The maximum Gasteiger partial charge on any atom is 1.00 e. The van der Waals surface area contributed by atoms with Crippen LogP contribution in [0.25, 0.3) is 10.8 Å². The molecule has 3 nitrogen and oxygen atoms in total. The number of unbranched alkanes of at least 4 members (excludes halogenated alkanes) is 2. The molecule has 0 bridgehead atoms. The van der Waals surface area contributed by atoms with Crippen molar-refractivity contribution in [2.24, 2.45) is 11.8 Å². The zero-order valence-corrected chi connectivity index (χ0v) is 21.6. The average Bonchev–Trinajstić information content (AvgIpc) is 2.60. The number of hydrogen-bond donors (Lipinski definition) is 0. The van der Waals surface area contributed by atoms with Crippen molar-refractivity contribution in [3.8, 4) is 0 Å². The van der Waals surface area contributed by atoms with Gasteiger partial charge in [0.25, 0.3) is 0 Å². The Hall–Kier alpha value is -0.390. The van der Waals surface area contributed by atoms with Crippen molar-refractivity contribution in [1.82, 2.24) is 0 Å². The van der Waals surface area contributed by atoms with Crippen molar-refractivity contribution >= 4 is 20.9 Å². The van der Waals surface area contributed by atoms with E-state index in [0.29, 0.717) is 23.6 Å². The summed E-state index contributed by atoms with van der Waals surface area (Å²) in [5, 5.41) is 1.42. The summed E-state index contributed by atoms with van der Waals surface area (Å²) < 4.78 is 36.7. The van der Waals surface area contributed by atoms with Crippen molar-refractivity contribution in [1.29, 1.82) is 0 Å². The van der Waals surface area contributed by atoms with Crippen molar-refractivity contribution < 1.29 is 42.5 Å². The minimum absolute atomic E-state index is 0. The Balaban J connectivity index is 0.00000420. The van der Waals surface area contributed by atoms with Crippen molar-refractivity contribution in [3.05, 3.63) is 41.5 Å². The van der Waals surface area contributed by atoms with Crippen LogP contribution in [0.2, 0.25) is 0 Å².